The molecule has 0 unspecified atom stereocenters. The molecule has 0 radical (unpaired) electrons. The molecule has 1 amide bonds. The van der Waals surface area contributed by atoms with Gasteiger partial charge in [-0.2, -0.15) is 13.2 Å². The fraction of sp³-hybridized carbons (Fsp3) is 0.167. The Bertz CT molecular complexity index is 910. The molecule has 1 aromatic carbocycles. The fourth-order valence-corrected chi connectivity index (χ4v) is 3.06. The number of benzene rings is 1. The molecule has 0 fully saturated rings. The monoisotopic (exact) mass is 392 g/mol. The van der Waals surface area contributed by atoms with Crippen LogP contribution in [-0.2, 0) is 17.4 Å². The number of amides is 1. The lowest BCUT2D eigenvalue weighted by molar-refractivity contribution is -0.137. The SMILES string of the molecule is N[C@@H](Cc1ccncc1)C(=O)Nc1ccc(-c2csc(C(F)(F)F)n2)cc1. The number of aromatic nitrogens is 2. The van der Waals surface area contributed by atoms with Crippen molar-refractivity contribution in [2.24, 2.45) is 5.73 Å². The number of hydrogen-bond acceptors (Lipinski definition) is 5. The van der Waals surface area contributed by atoms with Crippen molar-refractivity contribution >= 4 is 22.9 Å². The number of alkyl halides is 3. The normalized spacial score (nSPS) is 12.6. The summed E-state index contributed by atoms with van der Waals surface area (Å²) >= 11 is 0.544. The van der Waals surface area contributed by atoms with E-state index in [-0.39, 0.29) is 11.6 Å². The standard InChI is InChI=1S/C18H15F3N4OS/c19-18(20,21)17-25-15(10-27-17)12-1-3-13(4-2-12)24-16(26)14(22)9-11-5-7-23-8-6-11/h1-8,10,14H,9,22H2,(H,24,26)/t14-/m0/s1. The number of nitrogens with zero attached hydrogens (tertiary/aromatic N) is 2. The van der Waals surface area contributed by atoms with Crippen molar-refractivity contribution in [1.29, 1.82) is 0 Å². The van der Waals surface area contributed by atoms with Crippen LogP contribution in [0.25, 0.3) is 11.3 Å². The van der Waals surface area contributed by atoms with Gasteiger partial charge in [-0.3, -0.25) is 9.78 Å². The molecule has 0 saturated carbocycles. The van der Waals surface area contributed by atoms with E-state index < -0.39 is 17.2 Å². The molecule has 2 aromatic heterocycles. The molecule has 0 aliphatic heterocycles. The summed E-state index contributed by atoms with van der Waals surface area (Å²) in [4.78, 5) is 19.7. The Morgan fingerprint density at radius 1 is 1.15 bits per heavy atom. The third-order valence-electron chi connectivity index (χ3n) is 3.74. The van der Waals surface area contributed by atoms with Crippen LogP contribution in [0.3, 0.4) is 0 Å². The van der Waals surface area contributed by atoms with Crippen LogP contribution in [0.2, 0.25) is 0 Å². The minimum atomic E-state index is -4.46. The minimum absolute atomic E-state index is 0.236. The van der Waals surface area contributed by atoms with E-state index in [0.717, 1.165) is 5.56 Å². The Morgan fingerprint density at radius 3 is 2.41 bits per heavy atom. The molecule has 3 aromatic rings. The van der Waals surface area contributed by atoms with Crippen LogP contribution in [0.15, 0.2) is 54.2 Å². The third-order valence-corrected chi connectivity index (χ3v) is 4.62. The van der Waals surface area contributed by atoms with Crippen molar-refractivity contribution in [3.05, 3.63) is 64.7 Å². The number of rotatable bonds is 5. The second kappa shape index (κ2) is 7.85. The van der Waals surface area contributed by atoms with Gasteiger partial charge in [0.05, 0.1) is 11.7 Å². The van der Waals surface area contributed by atoms with Crippen molar-refractivity contribution in [1.82, 2.24) is 9.97 Å². The van der Waals surface area contributed by atoms with Gasteiger partial charge in [-0.1, -0.05) is 12.1 Å². The maximum Gasteiger partial charge on any atom is 0.443 e. The molecule has 0 aliphatic rings. The Labute approximate surface area is 157 Å². The summed E-state index contributed by atoms with van der Waals surface area (Å²) in [6, 6.07) is 9.21. The number of hydrogen-bond donors (Lipinski definition) is 2. The zero-order valence-electron chi connectivity index (χ0n) is 13.9. The van der Waals surface area contributed by atoms with Crippen molar-refractivity contribution in [2.75, 3.05) is 5.32 Å². The molecule has 9 heteroatoms. The second-order valence-electron chi connectivity index (χ2n) is 5.77. The van der Waals surface area contributed by atoms with E-state index in [0.29, 0.717) is 29.0 Å². The van der Waals surface area contributed by atoms with E-state index in [1.807, 2.05) is 0 Å². The summed E-state index contributed by atoms with van der Waals surface area (Å²) in [6.07, 6.45) is -0.837. The molecular formula is C18H15F3N4OS. The molecule has 3 rings (SSSR count). The molecule has 3 N–H and O–H groups in total. The molecule has 27 heavy (non-hydrogen) atoms. The lowest BCUT2D eigenvalue weighted by Crippen LogP contribution is -2.37. The van der Waals surface area contributed by atoms with Gasteiger partial charge in [0.15, 0.2) is 5.01 Å². The fourth-order valence-electron chi connectivity index (χ4n) is 2.36. The average molecular weight is 392 g/mol. The summed E-state index contributed by atoms with van der Waals surface area (Å²) in [6.45, 7) is 0. The summed E-state index contributed by atoms with van der Waals surface area (Å²) in [5, 5.41) is 3.15. The first-order valence-electron chi connectivity index (χ1n) is 7.91. The van der Waals surface area contributed by atoms with Crippen LogP contribution in [-0.4, -0.2) is 21.9 Å². The number of carbonyl (C=O) groups is 1. The first kappa shape index (κ1) is 19.0. The summed E-state index contributed by atoms with van der Waals surface area (Å²) in [7, 11) is 0. The molecule has 0 bridgehead atoms. The quantitative estimate of drug-likeness (QED) is 0.693. The van der Waals surface area contributed by atoms with Gasteiger partial charge in [-0.25, -0.2) is 4.98 Å². The molecule has 140 valence electrons. The molecule has 0 spiro atoms. The highest BCUT2D eigenvalue weighted by atomic mass is 32.1. The van der Waals surface area contributed by atoms with E-state index in [1.54, 1.807) is 48.8 Å². The highest BCUT2D eigenvalue weighted by Crippen LogP contribution is 2.34. The van der Waals surface area contributed by atoms with E-state index in [4.69, 9.17) is 5.73 Å². The molecule has 0 saturated heterocycles. The lowest BCUT2D eigenvalue weighted by atomic mass is 10.1. The van der Waals surface area contributed by atoms with Gasteiger partial charge < -0.3 is 11.1 Å². The van der Waals surface area contributed by atoms with Crippen LogP contribution in [0.4, 0.5) is 18.9 Å². The van der Waals surface area contributed by atoms with Crippen molar-refractivity contribution in [2.45, 2.75) is 18.6 Å². The second-order valence-corrected chi connectivity index (χ2v) is 6.63. The molecule has 0 aliphatic carbocycles. The van der Waals surface area contributed by atoms with Gasteiger partial charge in [-0.05, 0) is 36.2 Å². The summed E-state index contributed by atoms with van der Waals surface area (Å²) in [5.74, 6) is -0.354. The molecule has 2 heterocycles. The molecule has 1 atom stereocenters. The molecular weight excluding hydrogens is 377 g/mol. The van der Waals surface area contributed by atoms with E-state index in [1.165, 1.54) is 5.38 Å². The zero-order valence-corrected chi connectivity index (χ0v) is 14.7. The summed E-state index contributed by atoms with van der Waals surface area (Å²) in [5.41, 5.74) is 8.07. The average Bonchev–Trinajstić information content (AvgIpc) is 3.14. The number of halogens is 3. The maximum absolute atomic E-state index is 12.6. The predicted octanol–water partition coefficient (Wildman–Crippen LogP) is 3.73. The Balaban J connectivity index is 1.63. The van der Waals surface area contributed by atoms with E-state index >= 15 is 0 Å². The topological polar surface area (TPSA) is 80.9 Å². The van der Waals surface area contributed by atoms with Crippen LogP contribution in [0.1, 0.15) is 10.6 Å². The first-order valence-corrected chi connectivity index (χ1v) is 8.79. The van der Waals surface area contributed by atoms with E-state index in [9.17, 15) is 18.0 Å². The maximum atomic E-state index is 12.6. The number of nitrogens with one attached hydrogen (secondary N) is 1. The highest BCUT2D eigenvalue weighted by Gasteiger charge is 2.34. The number of carbonyl (C=O) groups excluding carboxylic acids is 1. The van der Waals surface area contributed by atoms with E-state index in [2.05, 4.69) is 15.3 Å². The largest absolute Gasteiger partial charge is 0.443 e. The summed E-state index contributed by atoms with van der Waals surface area (Å²) < 4.78 is 37.9. The lowest BCUT2D eigenvalue weighted by Gasteiger charge is -2.12. The van der Waals surface area contributed by atoms with Crippen LogP contribution >= 0.6 is 11.3 Å². The first-order chi connectivity index (χ1) is 12.8. The number of anilines is 1. The van der Waals surface area contributed by atoms with Crippen LogP contribution in [0.5, 0.6) is 0 Å². The van der Waals surface area contributed by atoms with Crippen molar-refractivity contribution in [3.8, 4) is 11.3 Å². The molecule has 5 nitrogen and oxygen atoms in total. The third kappa shape index (κ3) is 4.89. The van der Waals surface area contributed by atoms with Gasteiger partial charge in [0, 0.05) is 29.0 Å². The van der Waals surface area contributed by atoms with Crippen LogP contribution in [0, 0.1) is 0 Å². The van der Waals surface area contributed by atoms with Crippen molar-refractivity contribution < 1.29 is 18.0 Å². The van der Waals surface area contributed by atoms with Gasteiger partial charge in [0.25, 0.3) is 0 Å². The van der Waals surface area contributed by atoms with Crippen LogP contribution < -0.4 is 11.1 Å². The number of nitrogens with two attached hydrogens (primary N) is 1. The highest BCUT2D eigenvalue weighted by molar-refractivity contribution is 7.10. The van der Waals surface area contributed by atoms with Gasteiger partial charge in [0.1, 0.15) is 0 Å². The zero-order chi connectivity index (χ0) is 19.4. The number of thiazole rings is 1. The van der Waals surface area contributed by atoms with Crippen molar-refractivity contribution in [3.63, 3.8) is 0 Å². The Morgan fingerprint density at radius 2 is 1.81 bits per heavy atom. The van der Waals surface area contributed by atoms with Gasteiger partial charge in [0.2, 0.25) is 5.91 Å². The van der Waals surface area contributed by atoms with Gasteiger partial charge >= 0.3 is 6.18 Å². The smallest absolute Gasteiger partial charge is 0.325 e. The van der Waals surface area contributed by atoms with Gasteiger partial charge in [-0.15, -0.1) is 11.3 Å². The minimum Gasteiger partial charge on any atom is -0.325 e. The predicted molar refractivity (Wildman–Crippen MR) is 97.1 cm³/mol. The number of pyridine rings is 1. The Kier molecular flexibility index (Phi) is 5.52. The Hall–Kier alpha value is -2.78.